The summed E-state index contributed by atoms with van der Waals surface area (Å²) in [5.74, 6) is -0.131. The minimum atomic E-state index is -0.255. The summed E-state index contributed by atoms with van der Waals surface area (Å²) in [6, 6.07) is 9.72. The average Bonchev–Trinajstić information content (AvgIpc) is 3.08. The molecule has 2 amide bonds. The molecule has 2 aromatic rings. The Hall–Kier alpha value is -2.47. The van der Waals surface area contributed by atoms with E-state index in [1.807, 2.05) is 35.2 Å². The lowest BCUT2D eigenvalue weighted by Gasteiger charge is -2.35. The molecule has 2 saturated heterocycles. The maximum Gasteiger partial charge on any atom is 0.228 e. The zero-order valence-corrected chi connectivity index (χ0v) is 15.1. The first-order valence-electron chi connectivity index (χ1n) is 9.32. The molecule has 6 heteroatoms. The van der Waals surface area contributed by atoms with E-state index in [2.05, 4.69) is 16.8 Å². The number of hydrogen-bond acceptors (Lipinski definition) is 4. The van der Waals surface area contributed by atoms with E-state index in [1.165, 1.54) is 0 Å². The Bertz CT molecular complexity index is 824. The van der Waals surface area contributed by atoms with Crippen LogP contribution in [0.2, 0.25) is 0 Å². The lowest BCUT2D eigenvalue weighted by Crippen LogP contribution is -2.50. The number of anilines is 1. The number of pyridine rings is 1. The fourth-order valence-electron chi connectivity index (χ4n) is 3.95. The average molecular weight is 352 g/mol. The van der Waals surface area contributed by atoms with Crippen LogP contribution in [0.15, 0.2) is 36.5 Å². The summed E-state index contributed by atoms with van der Waals surface area (Å²) in [7, 11) is 0. The Morgan fingerprint density at radius 1 is 1.15 bits per heavy atom. The number of para-hydroxylation sites is 1. The first kappa shape index (κ1) is 17.0. The summed E-state index contributed by atoms with van der Waals surface area (Å²) in [5, 5.41) is 1.00. The van der Waals surface area contributed by atoms with Crippen LogP contribution in [0.4, 0.5) is 5.69 Å². The molecular weight excluding hydrogens is 328 g/mol. The van der Waals surface area contributed by atoms with Crippen molar-refractivity contribution in [3.63, 3.8) is 0 Å². The molecule has 26 heavy (non-hydrogen) atoms. The summed E-state index contributed by atoms with van der Waals surface area (Å²) in [5.41, 5.74) is 1.62. The zero-order valence-electron chi connectivity index (χ0n) is 15.1. The molecule has 2 fully saturated rings. The SMILES string of the molecule is CCN1CCN(C(=O)C2CC(=O)N(c3cccc4cccnc34)C2)CC1. The summed E-state index contributed by atoms with van der Waals surface area (Å²) >= 11 is 0. The second-order valence-electron chi connectivity index (χ2n) is 7.02. The van der Waals surface area contributed by atoms with Gasteiger partial charge in [0.2, 0.25) is 11.8 Å². The number of nitrogens with zero attached hydrogens (tertiary/aromatic N) is 4. The summed E-state index contributed by atoms with van der Waals surface area (Å²) < 4.78 is 0. The largest absolute Gasteiger partial charge is 0.340 e. The van der Waals surface area contributed by atoms with E-state index in [-0.39, 0.29) is 24.2 Å². The van der Waals surface area contributed by atoms with Crippen LogP contribution in [0.5, 0.6) is 0 Å². The van der Waals surface area contributed by atoms with Crippen molar-refractivity contribution in [2.24, 2.45) is 5.92 Å². The van der Waals surface area contributed by atoms with Gasteiger partial charge in [0.25, 0.3) is 0 Å². The van der Waals surface area contributed by atoms with Crippen LogP contribution in [-0.4, -0.2) is 65.9 Å². The molecule has 136 valence electrons. The predicted molar refractivity (Wildman–Crippen MR) is 101 cm³/mol. The van der Waals surface area contributed by atoms with Gasteiger partial charge in [-0.1, -0.05) is 25.1 Å². The molecule has 1 atom stereocenters. The van der Waals surface area contributed by atoms with Crippen molar-refractivity contribution in [1.29, 1.82) is 0 Å². The third kappa shape index (κ3) is 3.05. The first-order valence-corrected chi connectivity index (χ1v) is 9.32. The van der Waals surface area contributed by atoms with Gasteiger partial charge in [-0.3, -0.25) is 14.6 Å². The van der Waals surface area contributed by atoms with E-state index in [0.717, 1.165) is 49.3 Å². The Balaban J connectivity index is 1.51. The van der Waals surface area contributed by atoms with E-state index in [1.54, 1.807) is 11.1 Å². The second kappa shape index (κ2) is 7.03. The molecule has 0 aliphatic carbocycles. The third-order valence-electron chi connectivity index (χ3n) is 5.51. The highest BCUT2D eigenvalue weighted by Gasteiger charge is 2.38. The quantitative estimate of drug-likeness (QED) is 0.845. The van der Waals surface area contributed by atoms with Gasteiger partial charge in [-0.2, -0.15) is 0 Å². The van der Waals surface area contributed by atoms with Crippen molar-refractivity contribution in [2.75, 3.05) is 44.2 Å². The molecule has 0 spiro atoms. The van der Waals surface area contributed by atoms with E-state index < -0.39 is 0 Å². The summed E-state index contributed by atoms with van der Waals surface area (Å²) in [6.07, 6.45) is 2.03. The molecule has 2 aliphatic rings. The van der Waals surface area contributed by atoms with Gasteiger partial charge in [-0.05, 0) is 18.7 Å². The Morgan fingerprint density at radius 2 is 1.92 bits per heavy atom. The number of amides is 2. The summed E-state index contributed by atoms with van der Waals surface area (Å²) in [6.45, 7) is 6.95. The van der Waals surface area contributed by atoms with E-state index in [0.29, 0.717) is 6.54 Å². The van der Waals surface area contributed by atoms with Gasteiger partial charge in [0.05, 0.1) is 17.1 Å². The summed E-state index contributed by atoms with van der Waals surface area (Å²) in [4.78, 5) is 36.0. The molecule has 6 nitrogen and oxygen atoms in total. The number of carbonyl (C=O) groups is 2. The van der Waals surface area contributed by atoms with Gasteiger partial charge in [0, 0.05) is 50.7 Å². The molecule has 0 saturated carbocycles. The molecule has 2 aliphatic heterocycles. The van der Waals surface area contributed by atoms with Crippen LogP contribution in [0, 0.1) is 5.92 Å². The van der Waals surface area contributed by atoms with E-state index in [4.69, 9.17) is 0 Å². The zero-order chi connectivity index (χ0) is 18.1. The standard InChI is InChI=1S/C20H24N4O2/c1-2-22-9-11-23(12-10-22)20(26)16-13-18(25)24(14-16)17-7-3-5-15-6-4-8-21-19(15)17/h3-8,16H,2,9-14H2,1H3. The number of rotatable bonds is 3. The second-order valence-corrected chi connectivity index (χ2v) is 7.02. The van der Waals surface area contributed by atoms with Crippen LogP contribution < -0.4 is 4.90 Å². The van der Waals surface area contributed by atoms with Crippen LogP contribution >= 0.6 is 0 Å². The number of piperazine rings is 1. The predicted octanol–water partition coefficient (Wildman–Crippen LogP) is 1.75. The fourth-order valence-corrected chi connectivity index (χ4v) is 3.95. The normalized spacial score (nSPS) is 21.6. The van der Waals surface area contributed by atoms with Crippen molar-refractivity contribution in [2.45, 2.75) is 13.3 Å². The minimum absolute atomic E-state index is 0.00805. The number of aromatic nitrogens is 1. The van der Waals surface area contributed by atoms with Gasteiger partial charge >= 0.3 is 0 Å². The van der Waals surface area contributed by atoms with Gasteiger partial charge in [0.15, 0.2) is 0 Å². The first-order chi connectivity index (χ1) is 12.7. The molecule has 1 aromatic heterocycles. The number of benzene rings is 1. The third-order valence-corrected chi connectivity index (χ3v) is 5.51. The van der Waals surface area contributed by atoms with E-state index in [9.17, 15) is 9.59 Å². The van der Waals surface area contributed by atoms with Gasteiger partial charge in [-0.25, -0.2) is 0 Å². The number of likely N-dealkylation sites (N-methyl/N-ethyl adjacent to an activating group) is 1. The lowest BCUT2D eigenvalue weighted by molar-refractivity contribution is -0.137. The highest BCUT2D eigenvalue weighted by Crippen LogP contribution is 2.31. The molecule has 1 unspecified atom stereocenters. The smallest absolute Gasteiger partial charge is 0.228 e. The lowest BCUT2D eigenvalue weighted by atomic mass is 10.1. The van der Waals surface area contributed by atoms with Gasteiger partial charge < -0.3 is 14.7 Å². The van der Waals surface area contributed by atoms with Crippen LogP contribution in [0.3, 0.4) is 0 Å². The minimum Gasteiger partial charge on any atom is -0.340 e. The number of fused-ring (bicyclic) bond motifs is 1. The fraction of sp³-hybridized carbons (Fsp3) is 0.450. The monoisotopic (exact) mass is 352 g/mol. The van der Waals surface area contributed by atoms with Crippen molar-refractivity contribution < 1.29 is 9.59 Å². The Labute approximate surface area is 153 Å². The van der Waals surface area contributed by atoms with Crippen molar-refractivity contribution in [1.82, 2.24) is 14.8 Å². The maximum absolute atomic E-state index is 12.9. The van der Waals surface area contributed by atoms with E-state index >= 15 is 0 Å². The van der Waals surface area contributed by atoms with Crippen molar-refractivity contribution in [3.05, 3.63) is 36.5 Å². The molecular formula is C20H24N4O2. The highest BCUT2D eigenvalue weighted by atomic mass is 16.2. The maximum atomic E-state index is 12.9. The number of hydrogen-bond donors (Lipinski definition) is 0. The molecule has 0 bridgehead atoms. The van der Waals surface area contributed by atoms with Crippen LogP contribution in [0.25, 0.3) is 10.9 Å². The molecule has 0 N–H and O–H groups in total. The van der Waals surface area contributed by atoms with Gasteiger partial charge in [-0.15, -0.1) is 0 Å². The van der Waals surface area contributed by atoms with Crippen molar-refractivity contribution in [3.8, 4) is 0 Å². The van der Waals surface area contributed by atoms with Crippen LogP contribution in [-0.2, 0) is 9.59 Å². The molecule has 1 aromatic carbocycles. The van der Waals surface area contributed by atoms with Crippen molar-refractivity contribution >= 4 is 28.4 Å². The number of carbonyl (C=O) groups excluding carboxylic acids is 2. The van der Waals surface area contributed by atoms with Gasteiger partial charge in [0.1, 0.15) is 0 Å². The topological polar surface area (TPSA) is 56.8 Å². The molecule has 0 radical (unpaired) electrons. The molecule has 4 rings (SSSR count). The Morgan fingerprint density at radius 3 is 2.69 bits per heavy atom. The Kier molecular flexibility index (Phi) is 4.59. The molecule has 3 heterocycles. The highest BCUT2D eigenvalue weighted by molar-refractivity contribution is 6.05. The van der Waals surface area contributed by atoms with Crippen LogP contribution in [0.1, 0.15) is 13.3 Å².